The Balaban J connectivity index is 1.52. The van der Waals surface area contributed by atoms with Crippen LogP contribution in [-0.2, 0) is 6.54 Å². The van der Waals surface area contributed by atoms with Gasteiger partial charge in [-0.05, 0) is 37.6 Å². The number of nitrogens with zero attached hydrogens (tertiary/aromatic N) is 4. The van der Waals surface area contributed by atoms with Crippen LogP contribution in [0.15, 0.2) is 53.5 Å². The van der Waals surface area contributed by atoms with Crippen molar-refractivity contribution in [1.29, 1.82) is 0 Å². The lowest BCUT2D eigenvalue weighted by Crippen LogP contribution is -2.25. The normalized spacial score (nSPS) is 10.8. The first-order chi connectivity index (χ1) is 11.6. The molecule has 0 unspecified atom stereocenters. The molecule has 0 bridgehead atoms. The number of hydrogen-bond acceptors (Lipinski definition) is 3. The zero-order valence-corrected chi connectivity index (χ0v) is 14.9. The molecule has 0 fully saturated rings. The molecular weight excluding hydrogens is 370 g/mol. The summed E-state index contributed by atoms with van der Waals surface area (Å²) in [7, 11) is 0. The summed E-state index contributed by atoms with van der Waals surface area (Å²) in [5.74, 6) is 0.873. The maximum atomic E-state index is 12.2. The molecule has 0 aliphatic carbocycles. The van der Waals surface area contributed by atoms with Crippen LogP contribution in [0.1, 0.15) is 22.6 Å². The lowest BCUT2D eigenvalue weighted by atomic mass is 10.3. The zero-order valence-electron chi connectivity index (χ0n) is 13.3. The van der Waals surface area contributed by atoms with E-state index in [1.807, 2.05) is 37.4 Å². The van der Waals surface area contributed by atoms with Gasteiger partial charge in [0.15, 0.2) is 0 Å². The SMILES string of the molecule is Cc1nccn1CCCNC(=O)c1cnn(-c2ccc(Br)cc2)c1. The molecule has 0 saturated heterocycles. The number of halogens is 1. The Morgan fingerprint density at radius 1 is 1.29 bits per heavy atom. The number of amides is 1. The number of hydrogen-bond donors (Lipinski definition) is 1. The highest BCUT2D eigenvalue weighted by Crippen LogP contribution is 2.14. The molecule has 0 radical (unpaired) electrons. The molecule has 0 aliphatic rings. The van der Waals surface area contributed by atoms with Crippen LogP contribution >= 0.6 is 15.9 Å². The molecule has 2 heterocycles. The van der Waals surface area contributed by atoms with Crippen LogP contribution in [0.3, 0.4) is 0 Å². The molecule has 0 aliphatic heterocycles. The summed E-state index contributed by atoms with van der Waals surface area (Å²) in [5, 5.41) is 7.17. The van der Waals surface area contributed by atoms with Crippen LogP contribution in [0.25, 0.3) is 5.69 Å². The minimum Gasteiger partial charge on any atom is -0.352 e. The molecule has 1 amide bonds. The fraction of sp³-hybridized carbons (Fsp3) is 0.235. The molecule has 1 aromatic carbocycles. The van der Waals surface area contributed by atoms with E-state index in [1.165, 1.54) is 0 Å². The Bertz CT molecular complexity index is 822. The zero-order chi connectivity index (χ0) is 16.9. The van der Waals surface area contributed by atoms with Crippen molar-refractivity contribution in [3.05, 3.63) is 64.9 Å². The van der Waals surface area contributed by atoms with Crippen molar-refractivity contribution < 1.29 is 4.79 Å². The molecule has 7 heteroatoms. The largest absolute Gasteiger partial charge is 0.352 e. The topological polar surface area (TPSA) is 64.7 Å². The van der Waals surface area contributed by atoms with Gasteiger partial charge in [0.25, 0.3) is 5.91 Å². The summed E-state index contributed by atoms with van der Waals surface area (Å²) in [6, 6.07) is 7.75. The maximum absolute atomic E-state index is 12.2. The van der Waals surface area contributed by atoms with E-state index in [-0.39, 0.29) is 5.91 Å². The molecule has 0 saturated carbocycles. The first-order valence-electron chi connectivity index (χ1n) is 7.70. The third kappa shape index (κ3) is 3.91. The number of imidazole rings is 1. The van der Waals surface area contributed by atoms with Crippen molar-refractivity contribution in [3.63, 3.8) is 0 Å². The second-order valence-corrected chi connectivity index (χ2v) is 6.34. The van der Waals surface area contributed by atoms with Crippen LogP contribution in [-0.4, -0.2) is 31.8 Å². The standard InChI is InChI=1S/C17H18BrN5O/c1-13-19-8-10-22(13)9-2-7-20-17(24)14-11-21-23(12-14)16-5-3-15(18)4-6-16/h3-6,8,10-12H,2,7,9H2,1H3,(H,20,24). The fourth-order valence-electron chi connectivity index (χ4n) is 2.37. The van der Waals surface area contributed by atoms with Gasteiger partial charge in [-0.2, -0.15) is 5.10 Å². The Kier molecular flexibility index (Phi) is 5.10. The average molecular weight is 388 g/mol. The predicted molar refractivity (Wildman–Crippen MR) is 95.2 cm³/mol. The highest BCUT2D eigenvalue weighted by atomic mass is 79.9. The Hall–Kier alpha value is -2.41. The van der Waals surface area contributed by atoms with E-state index in [1.54, 1.807) is 23.3 Å². The Morgan fingerprint density at radius 2 is 2.08 bits per heavy atom. The number of aryl methyl sites for hydroxylation is 2. The third-order valence-corrected chi connectivity index (χ3v) is 4.25. The lowest BCUT2D eigenvalue weighted by molar-refractivity contribution is 0.0952. The average Bonchev–Trinajstić information content (AvgIpc) is 3.22. The maximum Gasteiger partial charge on any atom is 0.254 e. The summed E-state index contributed by atoms with van der Waals surface area (Å²) in [6.45, 7) is 3.42. The van der Waals surface area contributed by atoms with Gasteiger partial charge in [0.2, 0.25) is 0 Å². The summed E-state index contributed by atoms with van der Waals surface area (Å²) in [4.78, 5) is 16.4. The van der Waals surface area contributed by atoms with E-state index in [2.05, 4.69) is 35.9 Å². The minimum absolute atomic E-state index is 0.110. The number of benzene rings is 1. The molecule has 124 valence electrons. The van der Waals surface area contributed by atoms with Gasteiger partial charge in [0.1, 0.15) is 5.82 Å². The van der Waals surface area contributed by atoms with E-state index >= 15 is 0 Å². The highest BCUT2D eigenvalue weighted by Gasteiger charge is 2.09. The van der Waals surface area contributed by atoms with Crippen LogP contribution < -0.4 is 5.32 Å². The van der Waals surface area contributed by atoms with Crippen molar-refractivity contribution >= 4 is 21.8 Å². The summed E-state index contributed by atoms with van der Waals surface area (Å²) in [6.07, 6.45) is 7.89. The second-order valence-electron chi connectivity index (χ2n) is 5.43. The van der Waals surface area contributed by atoms with Gasteiger partial charge in [-0.15, -0.1) is 0 Å². The molecule has 0 atom stereocenters. The molecule has 6 nitrogen and oxygen atoms in total. The van der Waals surface area contributed by atoms with E-state index in [9.17, 15) is 4.79 Å². The molecule has 0 spiro atoms. The monoisotopic (exact) mass is 387 g/mol. The summed E-state index contributed by atoms with van der Waals surface area (Å²) in [5.41, 5.74) is 1.46. The number of nitrogens with one attached hydrogen (secondary N) is 1. The van der Waals surface area contributed by atoms with E-state index < -0.39 is 0 Å². The van der Waals surface area contributed by atoms with E-state index in [0.717, 1.165) is 29.0 Å². The van der Waals surface area contributed by atoms with Crippen LogP contribution in [0.4, 0.5) is 0 Å². The van der Waals surface area contributed by atoms with Gasteiger partial charge >= 0.3 is 0 Å². The van der Waals surface area contributed by atoms with Crippen molar-refractivity contribution in [2.75, 3.05) is 6.54 Å². The summed E-state index contributed by atoms with van der Waals surface area (Å²) >= 11 is 3.40. The lowest BCUT2D eigenvalue weighted by Gasteiger charge is -2.06. The predicted octanol–water partition coefficient (Wildman–Crippen LogP) is 2.96. The van der Waals surface area contributed by atoms with E-state index in [4.69, 9.17) is 0 Å². The molecule has 2 aromatic heterocycles. The minimum atomic E-state index is -0.110. The van der Waals surface area contributed by atoms with Gasteiger partial charge in [-0.3, -0.25) is 4.79 Å². The Labute approximate surface area is 148 Å². The van der Waals surface area contributed by atoms with Crippen molar-refractivity contribution in [1.82, 2.24) is 24.6 Å². The molecule has 3 rings (SSSR count). The van der Waals surface area contributed by atoms with Gasteiger partial charge in [0.05, 0.1) is 17.4 Å². The van der Waals surface area contributed by atoms with Gasteiger partial charge < -0.3 is 9.88 Å². The smallest absolute Gasteiger partial charge is 0.254 e. The van der Waals surface area contributed by atoms with Crippen LogP contribution in [0, 0.1) is 6.92 Å². The van der Waals surface area contributed by atoms with Gasteiger partial charge in [-0.25, -0.2) is 9.67 Å². The van der Waals surface area contributed by atoms with Crippen LogP contribution in [0.5, 0.6) is 0 Å². The highest BCUT2D eigenvalue weighted by molar-refractivity contribution is 9.10. The van der Waals surface area contributed by atoms with Gasteiger partial charge in [0, 0.05) is 36.2 Å². The number of rotatable bonds is 6. The molecule has 1 N–H and O–H groups in total. The van der Waals surface area contributed by atoms with Crippen molar-refractivity contribution in [2.45, 2.75) is 19.9 Å². The second kappa shape index (κ2) is 7.44. The third-order valence-electron chi connectivity index (χ3n) is 3.72. The molecule has 3 aromatic rings. The molecule has 24 heavy (non-hydrogen) atoms. The number of carbonyl (C=O) groups is 1. The van der Waals surface area contributed by atoms with E-state index in [0.29, 0.717) is 12.1 Å². The quantitative estimate of drug-likeness (QED) is 0.661. The van der Waals surface area contributed by atoms with Gasteiger partial charge in [-0.1, -0.05) is 15.9 Å². The Morgan fingerprint density at radius 3 is 2.79 bits per heavy atom. The van der Waals surface area contributed by atoms with Crippen molar-refractivity contribution in [3.8, 4) is 5.69 Å². The summed E-state index contributed by atoms with van der Waals surface area (Å²) < 4.78 is 4.76. The van der Waals surface area contributed by atoms with Crippen molar-refractivity contribution in [2.24, 2.45) is 0 Å². The number of carbonyl (C=O) groups excluding carboxylic acids is 1. The number of aromatic nitrogens is 4. The first-order valence-corrected chi connectivity index (χ1v) is 8.49. The molecular formula is C17H18BrN5O. The van der Waals surface area contributed by atoms with Crippen LogP contribution in [0.2, 0.25) is 0 Å². The fourth-order valence-corrected chi connectivity index (χ4v) is 2.63. The first kappa shape index (κ1) is 16.4.